The Balaban J connectivity index is 0.000000511. The van der Waals surface area contributed by atoms with Crippen LogP contribution in [0.1, 0.15) is 65.0 Å². The van der Waals surface area contributed by atoms with Crippen LogP contribution >= 0.6 is 0 Å². The van der Waals surface area contributed by atoms with Gasteiger partial charge in [0.05, 0.1) is 11.3 Å². The lowest BCUT2D eigenvalue weighted by atomic mass is 9.41. The summed E-state index contributed by atoms with van der Waals surface area (Å²) in [5.41, 5.74) is 12.0. The zero-order valence-electron chi connectivity index (χ0n) is 24.7. The van der Waals surface area contributed by atoms with E-state index in [1.54, 1.807) is 13.0 Å². The maximum absolute atomic E-state index is 14.4. The predicted molar refractivity (Wildman–Crippen MR) is 172 cm³/mol. The number of nitrogens with two attached hydrogens (primary N) is 2. The molecule has 2 aromatic carbocycles. The average Bonchev–Trinajstić information content (AvgIpc) is 3.45. The molecule has 13 heteroatoms. The van der Waals surface area contributed by atoms with Crippen LogP contribution in [-0.2, 0) is 14.9 Å². The number of nitrogen functional groups attached to an aromatic ring is 1. The molecule has 0 aromatic heterocycles. The molecule has 2 heterocycles. The number of benzene rings is 2. The maximum Gasteiger partial charge on any atom is 0.301 e. The molecule has 0 bridgehead atoms. The standard InChI is InChI=1S/C18H20FN5O3S.C9H14BNO.C2H6.CH4/c1-3-24(2)28(25,26)23-17-7-5-15(19)18(14(17)11-21)27-13-4-6-16(22)12(10-13)8-9-20;11-8-10-5-3-9(4-6-10)2-1-7-12-9;1-2;/h4-10,23H,3,20,22H2,1-2H3;1-7H2;1-2H3;1H4/b9-8-;;;. The molecule has 4 rings (SSSR count). The van der Waals surface area contributed by atoms with Gasteiger partial charge in [-0.15, -0.1) is 0 Å². The fourth-order valence-corrected chi connectivity index (χ4v) is 5.59. The molecule has 0 saturated carbocycles. The van der Waals surface area contributed by atoms with Crippen molar-refractivity contribution in [2.45, 2.75) is 72.1 Å². The Bertz CT molecular complexity index is 1410. The molecular weight excluding hydrogens is 570 g/mol. The predicted octanol–water partition coefficient (Wildman–Crippen LogP) is 6.16. The van der Waals surface area contributed by atoms with Crippen LogP contribution in [-0.4, -0.2) is 45.2 Å². The minimum atomic E-state index is -3.90. The Morgan fingerprint density at radius 1 is 1.21 bits per heavy atom. The van der Waals surface area contributed by atoms with Gasteiger partial charge < -0.3 is 20.9 Å². The van der Waals surface area contributed by atoms with Gasteiger partial charge >= 0.3 is 10.2 Å². The number of hydrogen-bond acceptors (Lipinski definition) is 8. The van der Waals surface area contributed by atoms with Crippen molar-refractivity contribution in [3.8, 4) is 23.5 Å². The number of hydrogen-bond donors (Lipinski definition) is 3. The molecule has 0 radical (unpaired) electrons. The summed E-state index contributed by atoms with van der Waals surface area (Å²) in [5, 5.41) is 18.2. The Labute approximate surface area is 256 Å². The number of nitrogens with zero attached hydrogens (tertiary/aromatic N) is 3. The van der Waals surface area contributed by atoms with Gasteiger partial charge in [0, 0.05) is 37.4 Å². The minimum absolute atomic E-state index is 0. The van der Waals surface area contributed by atoms with Gasteiger partial charge in [0.15, 0.2) is 11.6 Å². The molecule has 2 saturated heterocycles. The Morgan fingerprint density at radius 3 is 2.42 bits per heavy atom. The van der Waals surface area contributed by atoms with Crippen LogP contribution < -0.4 is 20.9 Å². The maximum atomic E-state index is 14.4. The number of nitriles is 2. The lowest BCUT2D eigenvalue weighted by Crippen LogP contribution is -2.35. The lowest BCUT2D eigenvalue weighted by molar-refractivity contribution is -0.00531. The summed E-state index contributed by atoms with van der Waals surface area (Å²) < 4.78 is 53.5. The first kappa shape index (κ1) is 37.3. The SMILES string of the molecule is C.CC.CCN(C)S(=O)(=O)Nc1ccc(F)c(Oc2ccc(N)c(/C=C\N)c2)c1C#N.N#CB1CCC2(CCCO2)CC1. The molecule has 2 aliphatic rings. The molecule has 234 valence electrons. The summed E-state index contributed by atoms with van der Waals surface area (Å²) in [6.45, 7) is 7.11. The molecule has 10 nitrogen and oxygen atoms in total. The Kier molecular flexibility index (Phi) is 15.0. The third-order valence-electron chi connectivity index (χ3n) is 7.13. The summed E-state index contributed by atoms with van der Waals surface area (Å²) >= 11 is 0. The van der Waals surface area contributed by atoms with Crippen molar-refractivity contribution in [2.24, 2.45) is 5.73 Å². The lowest BCUT2D eigenvalue weighted by Gasteiger charge is -2.33. The smallest absolute Gasteiger partial charge is 0.301 e. The number of halogens is 1. The Morgan fingerprint density at radius 2 is 1.88 bits per heavy atom. The first-order chi connectivity index (χ1) is 20.1. The van der Waals surface area contributed by atoms with E-state index in [0.29, 0.717) is 18.0 Å². The molecular formula is C30H44BFN6O4S. The van der Waals surface area contributed by atoms with Gasteiger partial charge in [-0.05, 0) is 68.3 Å². The number of anilines is 2. The summed E-state index contributed by atoms with van der Waals surface area (Å²) in [6.07, 6.45) is 9.61. The van der Waals surface area contributed by atoms with Gasteiger partial charge in [-0.3, -0.25) is 4.72 Å². The fourth-order valence-electron chi connectivity index (χ4n) is 4.64. The zero-order chi connectivity index (χ0) is 31.3. The van der Waals surface area contributed by atoms with Crippen LogP contribution in [0.25, 0.3) is 6.08 Å². The normalized spacial score (nSPS) is 15.3. The van der Waals surface area contributed by atoms with Crippen LogP contribution in [0, 0.1) is 28.4 Å². The van der Waals surface area contributed by atoms with E-state index in [1.807, 2.05) is 13.8 Å². The van der Waals surface area contributed by atoms with E-state index in [9.17, 15) is 18.1 Å². The van der Waals surface area contributed by atoms with E-state index in [2.05, 4.69) is 10.7 Å². The van der Waals surface area contributed by atoms with E-state index in [0.717, 1.165) is 48.5 Å². The minimum Gasteiger partial charge on any atom is -0.453 e. The van der Waals surface area contributed by atoms with Gasteiger partial charge in [0.1, 0.15) is 17.4 Å². The Hall–Kier alpha value is -3.78. The average molecular weight is 615 g/mol. The van der Waals surface area contributed by atoms with Crippen LogP contribution in [0.5, 0.6) is 11.5 Å². The molecule has 0 unspecified atom stereocenters. The first-order valence-electron chi connectivity index (χ1n) is 14.0. The van der Waals surface area contributed by atoms with E-state index in [4.69, 9.17) is 26.2 Å². The second kappa shape index (κ2) is 17.4. The van der Waals surface area contributed by atoms with Crippen LogP contribution in [0.15, 0.2) is 36.5 Å². The molecule has 2 fully saturated rings. The van der Waals surface area contributed by atoms with Crippen LogP contribution in [0.4, 0.5) is 15.8 Å². The van der Waals surface area contributed by atoms with Crippen molar-refractivity contribution >= 4 is 34.4 Å². The molecule has 1 spiro atoms. The van der Waals surface area contributed by atoms with Crippen molar-refractivity contribution in [1.82, 2.24) is 4.31 Å². The highest BCUT2D eigenvalue weighted by molar-refractivity contribution is 7.90. The molecule has 0 aliphatic carbocycles. The molecule has 0 atom stereocenters. The second-order valence-electron chi connectivity index (χ2n) is 9.72. The quantitative estimate of drug-likeness (QED) is 0.246. The van der Waals surface area contributed by atoms with Gasteiger partial charge in [0.2, 0.25) is 0 Å². The second-order valence-corrected chi connectivity index (χ2v) is 11.5. The van der Waals surface area contributed by atoms with Crippen molar-refractivity contribution in [3.63, 3.8) is 0 Å². The third-order valence-corrected chi connectivity index (χ3v) is 8.69. The molecule has 0 amide bonds. The molecule has 2 aromatic rings. The summed E-state index contributed by atoms with van der Waals surface area (Å²) in [5.74, 6) is 1.32. The number of nitrogens with one attached hydrogen (secondary N) is 1. The summed E-state index contributed by atoms with van der Waals surface area (Å²) in [6, 6.07) is 8.50. The van der Waals surface area contributed by atoms with E-state index >= 15 is 0 Å². The highest BCUT2D eigenvalue weighted by atomic mass is 32.2. The molecule has 2 aliphatic heterocycles. The third kappa shape index (κ3) is 9.89. The van der Waals surface area contributed by atoms with E-state index in [1.165, 1.54) is 50.4 Å². The molecule has 43 heavy (non-hydrogen) atoms. The summed E-state index contributed by atoms with van der Waals surface area (Å²) in [4.78, 5) is 0. The van der Waals surface area contributed by atoms with Gasteiger partial charge in [-0.1, -0.05) is 40.8 Å². The fraction of sp³-hybridized carbons (Fsp3) is 0.467. The van der Waals surface area contributed by atoms with Crippen molar-refractivity contribution in [2.75, 3.05) is 30.7 Å². The summed E-state index contributed by atoms with van der Waals surface area (Å²) in [7, 11) is -2.53. The highest BCUT2D eigenvalue weighted by Gasteiger charge is 2.39. The van der Waals surface area contributed by atoms with Gasteiger partial charge in [-0.25, -0.2) is 9.65 Å². The van der Waals surface area contributed by atoms with E-state index < -0.39 is 21.8 Å². The van der Waals surface area contributed by atoms with Crippen molar-refractivity contribution in [3.05, 3.63) is 53.5 Å². The number of rotatable bonds is 7. The van der Waals surface area contributed by atoms with E-state index in [-0.39, 0.29) is 36.6 Å². The van der Waals surface area contributed by atoms with Crippen molar-refractivity contribution < 1.29 is 22.3 Å². The first-order valence-corrected chi connectivity index (χ1v) is 15.5. The van der Waals surface area contributed by atoms with Gasteiger partial charge in [-0.2, -0.15) is 18.0 Å². The van der Waals surface area contributed by atoms with Gasteiger partial charge in [0.25, 0.3) is 6.71 Å². The molecule has 5 N–H and O–H groups in total. The number of ether oxygens (including phenoxy) is 2. The van der Waals surface area contributed by atoms with Crippen LogP contribution in [0.2, 0.25) is 12.6 Å². The van der Waals surface area contributed by atoms with Crippen molar-refractivity contribution in [1.29, 1.82) is 10.5 Å². The highest BCUT2D eigenvalue weighted by Crippen LogP contribution is 2.39. The zero-order valence-corrected chi connectivity index (χ0v) is 25.5. The van der Waals surface area contributed by atoms with Crippen LogP contribution in [0.3, 0.4) is 0 Å². The monoisotopic (exact) mass is 614 g/mol. The largest absolute Gasteiger partial charge is 0.453 e. The topological polar surface area (TPSA) is 167 Å².